The van der Waals surface area contributed by atoms with Gasteiger partial charge in [-0.1, -0.05) is 6.92 Å². The minimum atomic E-state index is -0.122. The van der Waals surface area contributed by atoms with Gasteiger partial charge in [0.05, 0.1) is 0 Å². The number of anilines is 1. The molecule has 0 aromatic heterocycles. The fourth-order valence-electron chi connectivity index (χ4n) is 2.19. The molecule has 3 N–H and O–H groups in total. The Morgan fingerprint density at radius 3 is 2.81 bits per heavy atom. The van der Waals surface area contributed by atoms with Crippen LogP contribution in [0.3, 0.4) is 0 Å². The summed E-state index contributed by atoms with van der Waals surface area (Å²) in [7, 11) is 0. The maximum Gasteiger partial charge on any atom is 0.251 e. The molecule has 0 bridgehead atoms. The van der Waals surface area contributed by atoms with Crippen LogP contribution in [0.15, 0.2) is 18.2 Å². The van der Waals surface area contributed by atoms with Crippen LogP contribution in [-0.2, 0) is 11.2 Å². The summed E-state index contributed by atoms with van der Waals surface area (Å²) in [6, 6.07) is 5.66. The van der Waals surface area contributed by atoms with E-state index in [1.165, 1.54) is 5.56 Å². The van der Waals surface area contributed by atoms with Gasteiger partial charge in [0.15, 0.2) is 0 Å². The molecule has 1 heterocycles. The summed E-state index contributed by atoms with van der Waals surface area (Å²) < 4.78 is 0. The molecular weight excluding hydrogens is 290 g/mol. The molecule has 6 heteroatoms. The highest BCUT2D eigenvalue weighted by molar-refractivity contribution is 5.95. The van der Waals surface area contributed by atoms with Crippen LogP contribution in [0.1, 0.15) is 35.7 Å². The van der Waals surface area contributed by atoms with E-state index in [9.17, 15) is 9.59 Å². The van der Waals surface area contributed by atoms with Crippen LogP contribution in [0.2, 0.25) is 0 Å². The summed E-state index contributed by atoms with van der Waals surface area (Å²) in [5.41, 5.74) is 2.94. The van der Waals surface area contributed by atoms with Gasteiger partial charge in [-0.15, -0.1) is 12.4 Å². The lowest BCUT2D eigenvalue weighted by Gasteiger charge is -2.07. The molecule has 0 spiro atoms. The molecule has 0 aliphatic carbocycles. The molecule has 0 saturated heterocycles. The third kappa shape index (κ3) is 4.93. The molecule has 5 nitrogen and oxygen atoms in total. The van der Waals surface area contributed by atoms with E-state index in [4.69, 9.17) is 0 Å². The van der Waals surface area contributed by atoms with Gasteiger partial charge in [-0.2, -0.15) is 0 Å². The molecule has 116 valence electrons. The number of amides is 2. The third-order valence-electron chi connectivity index (χ3n) is 3.29. The molecule has 1 aliphatic heterocycles. The van der Waals surface area contributed by atoms with Crippen LogP contribution in [0, 0.1) is 0 Å². The van der Waals surface area contributed by atoms with Gasteiger partial charge >= 0.3 is 0 Å². The SMILES string of the molecule is CCCNC(=O)CCNC(=O)c1ccc2c(c1)CCN2.Cl. The van der Waals surface area contributed by atoms with E-state index in [-0.39, 0.29) is 24.2 Å². The van der Waals surface area contributed by atoms with Crippen molar-refractivity contribution in [1.29, 1.82) is 0 Å². The van der Waals surface area contributed by atoms with E-state index in [1.807, 2.05) is 25.1 Å². The van der Waals surface area contributed by atoms with E-state index < -0.39 is 0 Å². The first-order valence-corrected chi connectivity index (χ1v) is 7.12. The lowest BCUT2D eigenvalue weighted by molar-refractivity contribution is -0.120. The van der Waals surface area contributed by atoms with E-state index in [0.29, 0.717) is 25.1 Å². The quantitative estimate of drug-likeness (QED) is 0.749. The van der Waals surface area contributed by atoms with Crippen molar-refractivity contribution in [3.05, 3.63) is 29.3 Å². The van der Waals surface area contributed by atoms with Crippen LogP contribution in [0.4, 0.5) is 5.69 Å². The van der Waals surface area contributed by atoms with Gasteiger partial charge in [-0.05, 0) is 36.6 Å². The minimum Gasteiger partial charge on any atom is -0.384 e. The number of carbonyl (C=O) groups excluding carboxylic acids is 2. The molecule has 1 aliphatic rings. The van der Waals surface area contributed by atoms with Crippen molar-refractivity contribution in [2.45, 2.75) is 26.2 Å². The first-order valence-electron chi connectivity index (χ1n) is 7.12. The molecule has 2 rings (SSSR count). The summed E-state index contributed by atoms with van der Waals surface area (Å²) in [6.07, 6.45) is 2.19. The third-order valence-corrected chi connectivity index (χ3v) is 3.29. The van der Waals surface area contributed by atoms with Gasteiger partial charge in [0.2, 0.25) is 5.91 Å². The van der Waals surface area contributed by atoms with Crippen molar-refractivity contribution in [3.8, 4) is 0 Å². The summed E-state index contributed by atoms with van der Waals surface area (Å²) in [5.74, 6) is -0.145. The van der Waals surface area contributed by atoms with Crippen molar-refractivity contribution < 1.29 is 9.59 Å². The first-order chi connectivity index (χ1) is 9.70. The van der Waals surface area contributed by atoms with E-state index >= 15 is 0 Å². The van der Waals surface area contributed by atoms with Crippen LogP contribution in [0.5, 0.6) is 0 Å². The fourth-order valence-corrected chi connectivity index (χ4v) is 2.19. The molecular formula is C15H22ClN3O2. The zero-order chi connectivity index (χ0) is 14.4. The maximum absolute atomic E-state index is 12.0. The molecule has 0 fully saturated rings. The largest absolute Gasteiger partial charge is 0.384 e. The van der Waals surface area contributed by atoms with Crippen molar-refractivity contribution >= 4 is 29.9 Å². The molecule has 0 radical (unpaired) electrons. The first kappa shape index (κ1) is 17.3. The smallest absolute Gasteiger partial charge is 0.251 e. The Morgan fingerprint density at radius 2 is 2.05 bits per heavy atom. The minimum absolute atomic E-state index is 0. The van der Waals surface area contributed by atoms with Crippen molar-refractivity contribution in [1.82, 2.24) is 10.6 Å². The standard InChI is InChI=1S/C15H21N3O2.ClH/c1-2-7-17-14(19)6-9-18-15(20)12-3-4-13-11(10-12)5-8-16-13;/h3-4,10,16H,2,5-9H2,1H3,(H,17,19)(H,18,20);1H. The average Bonchev–Trinajstić information content (AvgIpc) is 2.92. The molecule has 0 unspecified atom stereocenters. The monoisotopic (exact) mass is 311 g/mol. The van der Waals surface area contributed by atoms with Gasteiger partial charge in [0, 0.05) is 37.3 Å². The molecule has 21 heavy (non-hydrogen) atoms. The van der Waals surface area contributed by atoms with Crippen molar-refractivity contribution in [2.24, 2.45) is 0 Å². The number of hydrogen-bond donors (Lipinski definition) is 3. The molecule has 0 saturated carbocycles. The van der Waals surface area contributed by atoms with Gasteiger partial charge in [-0.3, -0.25) is 9.59 Å². The Balaban J connectivity index is 0.00000220. The normalized spacial score (nSPS) is 11.9. The van der Waals surface area contributed by atoms with Crippen LogP contribution >= 0.6 is 12.4 Å². The Bertz CT molecular complexity index is 506. The zero-order valence-electron chi connectivity index (χ0n) is 12.2. The molecule has 1 aromatic rings. The second kappa shape index (κ2) is 8.52. The topological polar surface area (TPSA) is 70.2 Å². The molecule has 1 aromatic carbocycles. The van der Waals surface area contributed by atoms with Gasteiger partial charge in [-0.25, -0.2) is 0 Å². The van der Waals surface area contributed by atoms with Crippen molar-refractivity contribution in [3.63, 3.8) is 0 Å². The Kier molecular flexibility index (Phi) is 7.02. The van der Waals surface area contributed by atoms with E-state index in [1.54, 1.807) is 0 Å². The molecule has 2 amide bonds. The predicted octanol–water partition coefficient (Wildman–Crippen LogP) is 1.72. The van der Waals surface area contributed by atoms with Crippen LogP contribution in [-0.4, -0.2) is 31.4 Å². The highest BCUT2D eigenvalue weighted by atomic mass is 35.5. The van der Waals surface area contributed by atoms with E-state index in [2.05, 4.69) is 16.0 Å². The van der Waals surface area contributed by atoms with Gasteiger partial charge in [0.1, 0.15) is 0 Å². The van der Waals surface area contributed by atoms with Crippen LogP contribution in [0.25, 0.3) is 0 Å². The zero-order valence-corrected chi connectivity index (χ0v) is 13.0. The number of rotatable bonds is 6. The number of nitrogens with one attached hydrogen (secondary N) is 3. The number of hydrogen-bond acceptors (Lipinski definition) is 3. The maximum atomic E-state index is 12.0. The second-order valence-corrected chi connectivity index (χ2v) is 4.90. The fraction of sp³-hybridized carbons (Fsp3) is 0.467. The summed E-state index contributed by atoms with van der Waals surface area (Å²) in [6.45, 7) is 3.98. The lowest BCUT2D eigenvalue weighted by Crippen LogP contribution is -2.31. The highest BCUT2D eigenvalue weighted by Gasteiger charge is 2.13. The molecule has 0 atom stereocenters. The number of benzene rings is 1. The number of halogens is 1. The Labute approximate surface area is 131 Å². The summed E-state index contributed by atoms with van der Waals surface area (Å²) in [4.78, 5) is 23.4. The highest BCUT2D eigenvalue weighted by Crippen LogP contribution is 2.22. The van der Waals surface area contributed by atoms with Gasteiger partial charge in [0.25, 0.3) is 5.91 Å². The summed E-state index contributed by atoms with van der Waals surface area (Å²) >= 11 is 0. The second-order valence-electron chi connectivity index (χ2n) is 4.90. The van der Waals surface area contributed by atoms with E-state index in [0.717, 1.165) is 25.1 Å². The summed E-state index contributed by atoms with van der Waals surface area (Å²) in [5, 5.41) is 8.82. The Morgan fingerprint density at radius 1 is 1.24 bits per heavy atom. The van der Waals surface area contributed by atoms with Crippen LogP contribution < -0.4 is 16.0 Å². The van der Waals surface area contributed by atoms with Crippen molar-refractivity contribution in [2.75, 3.05) is 25.0 Å². The lowest BCUT2D eigenvalue weighted by atomic mass is 10.1. The predicted molar refractivity (Wildman–Crippen MR) is 86.1 cm³/mol. The Hall–Kier alpha value is -1.75. The number of carbonyl (C=O) groups is 2. The number of fused-ring (bicyclic) bond motifs is 1. The average molecular weight is 312 g/mol. The van der Waals surface area contributed by atoms with Gasteiger partial charge < -0.3 is 16.0 Å².